The molecule has 90 valence electrons. The number of hydrogen-bond donors (Lipinski definition) is 1. The highest BCUT2D eigenvalue weighted by Gasteiger charge is 2.08. The van der Waals surface area contributed by atoms with Crippen molar-refractivity contribution in [3.05, 3.63) is 0 Å². The molecule has 1 nitrogen and oxygen atoms in total. The van der Waals surface area contributed by atoms with E-state index in [-0.39, 0.29) is 0 Å². The highest BCUT2D eigenvalue weighted by atomic mass is 32.2. The molecule has 14 heavy (non-hydrogen) atoms. The Morgan fingerprint density at radius 3 is 1.79 bits per heavy atom. The van der Waals surface area contributed by atoms with E-state index in [4.69, 9.17) is 0 Å². The largest absolute Gasteiger partial charge is 0.314 e. The molecule has 0 aromatic carbocycles. The molecule has 0 rings (SSSR count). The molecule has 0 aliphatic rings. The Labute approximate surface area is 96.4 Å². The molecule has 0 aromatic heterocycles. The fourth-order valence-electron chi connectivity index (χ4n) is 0.930. The van der Waals surface area contributed by atoms with Gasteiger partial charge in [0.25, 0.3) is 0 Å². The van der Waals surface area contributed by atoms with Gasteiger partial charge >= 0.3 is 0 Å². The van der Waals surface area contributed by atoms with Crippen LogP contribution in [0, 0.1) is 5.92 Å². The average Bonchev–Trinajstić information content (AvgIpc) is 2.24. The number of hydrogen-bond acceptors (Lipinski definition) is 2. The van der Waals surface area contributed by atoms with Crippen LogP contribution in [-0.4, -0.2) is 24.6 Å². The van der Waals surface area contributed by atoms with Gasteiger partial charge in [0, 0.05) is 6.04 Å². The molecule has 0 fully saturated rings. The summed E-state index contributed by atoms with van der Waals surface area (Å²) in [5.74, 6) is 2.05. The van der Waals surface area contributed by atoms with Gasteiger partial charge < -0.3 is 5.32 Å². The second-order valence-electron chi connectivity index (χ2n) is 2.78. The Kier molecular flexibility index (Phi) is 26.9. The zero-order chi connectivity index (χ0) is 12.0. The van der Waals surface area contributed by atoms with Crippen LogP contribution in [0.2, 0.25) is 0 Å². The van der Waals surface area contributed by atoms with E-state index in [9.17, 15) is 0 Å². The monoisotopic (exact) mass is 221 g/mol. The Balaban J connectivity index is -0.000000266. The molecule has 1 N–H and O–H groups in total. The summed E-state index contributed by atoms with van der Waals surface area (Å²) in [6.45, 7) is 15.8. The van der Waals surface area contributed by atoms with E-state index in [0.717, 1.165) is 12.5 Å². The van der Waals surface area contributed by atoms with Crippen molar-refractivity contribution in [3.63, 3.8) is 0 Å². The minimum atomic E-state index is 0.664. The van der Waals surface area contributed by atoms with Crippen LogP contribution < -0.4 is 5.32 Å². The highest BCUT2D eigenvalue weighted by molar-refractivity contribution is 7.98. The Morgan fingerprint density at radius 2 is 1.50 bits per heavy atom. The second-order valence-corrected chi connectivity index (χ2v) is 3.69. The van der Waals surface area contributed by atoms with Crippen LogP contribution in [0.1, 0.15) is 48.5 Å². The lowest BCUT2D eigenvalue weighted by Gasteiger charge is -2.19. The van der Waals surface area contributed by atoms with Gasteiger partial charge in [-0.25, -0.2) is 0 Å². The van der Waals surface area contributed by atoms with Crippen LogP contribution >= 0.6 is 11.8 Å². The third kappa shape index (κ3) is 14.8. The van der Waals surface area contributed by atoms with Crippen molar-refractivity contribution in [2.75, 3.05) is 18.6 Å². The minimum Gasteiger partial charge on any atom is -0.314 e. The quantitative estimate of drug-likeness (QED) is 0.752. The predicted molar refractivity (Wildman–Crippen MR) is 73.4 cm³/mol. The molecule has 0 radical (unpaired) electrons. The van der Waals surface area contributed by atoms with Crippen molar-refractivity contribution in [1.29, 1.82) is 0 Å². The Bertz CT molecular complexity index is 66.7. The standard InChI is InChI=1S/C8H19NS.2C2H6/c1-5-9-8(3)7(2)6-10-4;2*1-2/h7-9H,5-6H2,1-4H3;2*1-2H3. The van der Waals surface area contributed by atoms with E-state index in [0.29, 0.717) is 6.04 Å². The smallest absolute Gasteiger partial charge is 0.00721 e. The summed E-state index contributed by atoms with van der Waals surface area (Å²) in [6, 6.07) is 0.664. The first-order chi connectivity index (χ1) is 6.72. The van der Waals surface area contributed by atoms with Crippen molar-refractivity contribution < 1.29 is 0 Å². The van der Waals surface area contributed by atoms with Crippen molar-refractivity contribution in [1.82, 2.24) is 5.32 Å². The lowest BCUT2D eigenvalue weighted by atomic mass is 10.1. The van der Waals surface area contributed by atoms with Crippen LogP contribution in [0.4, 0.5) is 0 Å². The molecule has 0 amide bonds. The molecule has 0 spiro atoms. The summed E-state index contributed by atoms with van der Waals surface area (Å²) in [7, 11) is 0. The minimum absolute atomic E-state index is 0.664. The van der Waals surface area contributed by atoms with Gasteiger partial charge in [0.1, 0.15) is 0 Å². The van der Waals surface area contributed by atoms with Gasteiger partial charge in [0.15, 0.2) is 0 Å². The second kappa shape index (κ2) is 19.0. The molecular weight excluding hydrogens is 190 g/mol. The summed E-state index contributed by atoms with van der Waals surface area (Å²) >= 11 is 1.92. The van der Waals surface area contributed by atoms with Gasteiger partial charge in [-0.2, -0.15) is 11.8 Å². The molecule has 2 atom stereocenters. The van der Waals surface area contributed by atoms with Crippen molar-refractivity contribution in [2.45, 2.75) is 54.5 Å². The van der Waals surface area contributed by atoms with Crippen molar-refractivity contribution in [3.8, 4) is 0 Å². The zero-order valence-corrected chi connectivity index (χ0v) is 12.3. The Morgan fingerprint density at radius 1 is 1.07 bits per heavy atom. The molecule has 0 heterocycles. The lowest BCUT2D eigenvalue weighted by Crippen LogP contribution is -2.32. The number of rotatable bonds is 5. The number of thioether (sulfide) groups is 1. The summed E-state index contributed by atoms with van der Waals surface area (Å²) in [6.07, 6.45) is 2.16. The SMILES string of the molecule is CC.CC.CCNC(C)C(C)CSC. The van der Waals surface area contributed by atoms with E-state index >= 15 is 0 Å². The molecule has 0 aliphatic heterocycles. The summed E-state index contributed by atoms with van der Waals surface area (Å²) < 4.78 is 0. The highest BCUT2D eigenvalue weighted by Crippen LogP contribution is 2.08. The van der Waals surface area contributed by atoms with E-state index < -0.39 is 0 Å². The zero-order valence-electron chi connectivity index (χ0n) is 11.5. The lowest BCUT2D eigenvalue weighted by molar-refractivity contribution is 0.443. The van der Waals surface area contributed by atoms with Crippen LogP contribution in [0.5, 0.6) is 0 Å². The Hall–Kier alpha value is 0.310. The maximum atomic E-state index is 3.42. The van der Waals surface area contributed by atoms with E-state index in [2.05, 4.69) is 32.3 Å². The normalized spacial score (nSPS) is 12.9. The van der Waals surface area contributed by atoms with Gasteiger partial charge in [0.2, 0.25) is 0 Å². The topological polar surface area (TPSA) is 12.0 Å². The summed E-state index contributed by atoms with van der Waals surface area (Å²) in [5, 5.41) is 3.42. The van der Waals surface area contributed by atoms with Crippen LogP contribution in [0.3, 0.4) is 0 Å². The third-order valence-corrected chi connectivity index (χ3v) is 2.67. The molecule has 0 saturated carbocycles. The fourth-order valence-corrected chi connectivity index (χ4v) is 1.74. The maximum Gasteiger partial charge on any atom is 0.00721 e. The molecule has 2 heteroatoms. The molecule has 0 bridgehead atoms. The first-order valence-corrected chi connectivity index (χ1v) is 7.34. The van der Waals surface area contributed by atoms with Gasteiger partial charge in [0.05, 0.1) is 0 Å². The van der Waals surface area contributed by atoms with Crippen LogP contribution in [0.15, 0.2) is 0 Å². The first-order valence-electron chi connectivity index (χ1n) is 5.94. The van der Waals surface area contributed by atoms with E-state index in [1.165, 1.54) is 5.75 Å². The molecule has 0 saturated heterocycles. The van der Waals surface area contributed by atoms with E-state index in [1.807, 2.05) is 39.5 Å². The van der Waals surface area contributed by atoms with Gasteiger partial charge in [-0.3, -0.25) is 0 Å². The fraction of sp³-hybridized carbons (Fsp3) is 1.00. The third-order valence-electron chi connectivity index (χ3n) is 1.81. The van der Waals surface area contributed by atoms with Crippen LogP contribution in [-0.2, 0) is 0 Å². The van der Waals surface area contributed by atoms with Gasteiger partial charge in [-0.15, -0.1) is 0 Å². The molecule has 0 aliphatic carbocycles. The van der Waals surface area contributed by atoms with Crippen LogP contribution in [0.25, 0.3) is 0 Å². The van der Waals surface area contributed by atoms with Crippen molar-refractivity contribution in [2.24, 2.45) is 5.92 Å². The molecular formula is C12H31NS. The number of nitrogens with one attached hydrogen (secondary N) is 1. The summed E-state index contributed by atoms with van der Waals surface area (Å²) in [4.78, 5) is 0. The summed E-state index contributed by atoms with van der Waals surface area (Å²) in [5.41, 5.74) is 0. The predicted octanol–water partition coefficient (Wildman–Crippen LogP) is 4.04. The average molecular weight is 221 g/mol. The van der Waals surface area contributed by atoms with Gasteiger partial charge in [-0.05, 0) is 31.4 Å². The maximum absolute atomic E-state index is 3.42. The first kappa shape index (κ1) is 19.8. The van der Waals surface area contributed by atoms with Gasteiger partial charge in [-0.1, -0.05) is 41.5 Å². The van der Waals surface area contributed by atoms with E-state index in [1.54, 1.807) is 0 Å². The van der Waals surface area contributed by atoms with Crippen molar-refractivity contribution >= 4 is 11.8 Å². The molecule has 2 unspecified atom stereocenters. The molecule has 0 aromatic rings.